The van der Waals surface area contributed by atoms with Crippen molar-refractivity contribution < 1.29 is 9.53 Å². The fourth-order valence-electron chi connectivity index (χ4n) is 4.91. The van der Waals surface area contributed by atoms with Crippen molar-refractivity contribution in [3.8, 4) is 5.75 Å². The minimum Gasteiger partial charge on any atom is -0.486 e. The van der Waals surface area contributed by atoms with E-state index in [1.165, 1.54) is 5.39 Å². The van der Waals surface area contributed by atoms with Crippen LogP contribution in [0, 0.1) is 5.92 Å². The molecule has 0 radical (unpaired) electrons. The number of piperidine rings is 1. The first-order valence-corrected chi connectivity index (χ1v) is 9.79. The van der Waals surface area contributed by atoms with Gasteiger partial charge < -0.3 is 15.0 Å². The number of benzene rings is 2. The third-order valence-electron chi connectivity index (χ3n) is 6.31. The van der Waals surface area contributed by atoms with E-state index in [0.29, 0.717) is 0 Å². The van der Waals surface area contributed by atoms with Crippen molar-refractivity contribution in [1.29, 1.82) is 0 Å². The van der Waals surface area contributed by atoms with Crippen LogP contribution in [0.4, 0.5) is 0 Å². The monoisotopic (exact) mass is 360 g/mol. The van der Waals surface area contributed by atoms with E-state index < -0.39 is 5.60 Å². The molecule has 2 N–H and O–H groups in total. The highest BCUT2D eigenvalue weighted by Crippen LogP contribution is 2.47. The van der Waals surface area contributed by atoms with E-state index in [1.807, 2.05) is 36.4 Å². The molecule has 0 amide bonds. The highest BCUT2D eigenvalue weighted by Gasteiger charge is 2.52. The fraction of sp³-hybridized carbons (Fsp3) is 0.348. The normalized spacial score (nSPS) is 22.4. The van der Waals surface area contributed by atoms with E-state index in [2.05, 4.69) is 35.4 Å². The van der Waals surface area contributed by atoms with Crippen LogP contribution in [0.15, 0.2) is 54.6 Å². The van der Waals surface area contributed by atoms with Gasteiger partial charge in [0, 0.05) is 30.0 Å². The maximum Gasteiger partial charge on any atom is 0.174 e. The number of Topliss-reactive ketones (excluding diaryl/α,β-unsaturated/α-hetero) is 1. The molecule has 1 spiro atoms. The Kier molecular flexibility index (Phi) is 3.83. The Morgan fingerprint density at radius 1 is 1.07 bits per heavy atom. The Balaban J connectivity index is 1.61. The number of fused-ring (bicyclic) bond motifs is 2. The fourth-order valence-corrected chi connectivity index (χ4v) is 4.91. The smallest absolute Gasteiger partial charge is 0.174 e. The molecule has 4 nitrogen and oxygen atoms in total. The molecule has 27 heavy (non-hydrogen) atoms. The van der Waals surface area contributed by atoms with Crippen LogP contribution in [0.5, 0.6) is 5.75 Å². The van der Waals surface area contributed by atoms with Crippen LogP contribution in [-0.4, -0.2) is 29.5 Å². The Hall–Kier alpha value is -2.59. The number of carbonyl (C=O) groups is 1. The highest BCUT2D eigenvalue weighted by atomic mass is 16.5. The molecule has 138 valence electrons. The quantitative estimate of drug-likeness (QED) is 0.717. The predicted octanol–water partition coefficient (Wildman–Crippen LogP) is 4.29. The molecule has 2 aliphatic heterocycles. The topological polar surface area (TPSA) is 54.1 Å². The number of ketones is 1. The van der Waals surface area contributed by atoms with E-state index in [0.717, 1.165) is 48.5 Å². The molecule has 3 heterocycles. The van der Waals surface area contributed by atoms with Gasteiger partial charge in [-0.15, -0.1) is 0 Å². The lowest BCUT2D eigenvalue weighted by molar-refractivity contribution is -0.0281. The van der Waals surface area contributed by atoms with Gasteiger partial charge in [-0.3, -0.25) is 4.79 Å². The number of nitrogens with one attached hydrogen (secondary N) is 2. The summed E-state index contributed by atoms with van der Waals surface area (Å²) in [6.45, 7) is 3.92. The van der Waals surface area contributed by atoms with Crippen molar-refractivity contribution in [3.63, 3.8) is 0 Å². The van der Waals surface area contributed by atoms with E-state index in [-0.39, 0.29) is 17.6 Å². The van der Waals surface area contributed by atoms with E-state index in [4.69, 9.17) is 4.74 Å². The molecule has 4 heteroatoms. The second-order valence-electron chi connectivity index (χ2n) is 7.86. The number of aromatic nitrogens is 1. The lowest BCUT2D eigenvalue weighted by Crippen LogP contribution is -2.57. The average molecular weight is 360 g/mol. The SMILES string of the molecule is CC(c1cc2ccccc2[nH]1)C1C(=O)c2ccccc2OC12CCNCC2. The third kappa shape index (κ3) is 2.59. The summed E-state index contributed by atoms with van der Waals surface area (Å²) in [4.78, 5) is 17.1. The van der Waals surface area contributed by atoms with Crippen LogP contribution >= 0.6 is 0 Å². The van der Waals surface area contributed by atoms with E-state index in [1.54, 1.807) is 0 Å². The zero-order valence-electron chi connectivity index (χ0n) is 15.5. The van der Waals surface area contributed by atoms with Gasteiger partial charge in [0.2, 0.25) is 0 Å². The summed E-state index contributed by atoms with van der Waals surface area (Å²) in [6, 6.07) is 18.2. The summed E-state index contributed by atoms with van der Waals surface area (Å²) in [5.74, 6) is 0.813. The Labute approximate surface area is 158 Å². The molecule has 2 atom stereocenters. The second kappa shape index (κ2) is 6.24. The molecule has 2 aromatic carbocycles. The molecule has 1 aromatic heterocycles. The maximum absolute atomic E-state index is 13.6. The first-order chi connectivity index (χ1) is 13.2. The van der Waals surface area contributed by atoms with Gasteiger partial charge in [-0.1, -0.05) is 37.3 Å². The molecule has 1 saturated heterocycles. The van der Waals surface area contributed by atoms with Crippen molar-refractivity contribution in [1.82, 2.24) is 10.3 Å². The molecule has 0 bridgehead atoms. The molecule has 3 aromatic rings. The van der Waals surface area contributed by atoms with Gasteiger partial charge >= 0.3 is 0 Å². The van der Waals surface area contributed by atoms with E-state index >= 15 is 0 Å². The zero-order chi connectivity index (χ0) is 18.4. The van der Waals surface area contributed by atoms with Crippen LogP contribution < -0.4 is 10.1 Å². The summed E-state index contributed by atoms with van der Waals surface area (Å²) < 4.78 is 6.59. The van der Waals surface area contributed by atoms with Gasteiger partial charge in [0.25, 0.3) is 0 Å². The summed E-state index contributed by atoms with van der Waals surface area (Å²) in [5, 5.41) is 4.60. The number of rotatable bonds is 2. The molecule has 2 unspecified atom stereocenters. The van der Waals surface area contributed by atoms with Gasteiger partial charge in [-0.05, 0) is 42.7 Å². The minimum atomic E-state index is -0.437. The molecule has 5 rings (SSSR count). The van der Waals surface area contributed by atoms with Crippen LogP contribution in [-0.2, 0) is 0 Å². The van der Waals surface area contributed by atoms with Crippen molar-refractivity contribution in [2.75, 3.05) is 13.1 Å². The van der Waals surface area contributed by atoms with Gasteiger partial charge in [-0.25, -0.2) is 0 Å². The van der Waals surface area contributed by atoms with E-state index in [9.17, 15) is 4.79 Å². The summed E-state index contributed by atoms with van der Waals surface area (Å²) >= 11 is 0. The lowest BCUT2D eigenvalue weighted by Gasteiger charge is -2.48. The Bertz CT molecular complexity index is 967. The zero-order valence-corrected chi connectivity index (χ0v) is 15.5. The maximum atomic E-state index is 13.6. The van der Waals surface area contributed by atoms with Crippen molar-refractivity contribution in [2.24, 2.45) is 5.92 Å². The minimum absolute atomic E-state index is 0.0522. The number of aromatic amines is 1. The number of hydrogen-bond donors (Lipinski definition) is 2. The Morgan fingerprint density at radius 3 is 2.63 bits per heavy atom. The largest absolute Gasteiger partial charge is 0.486 e. The van der Waals surface area contributed by atoms with Crippen molar-refractivity contribution in [2.45, 2.75) is 31.3 Å². The van der Waals surface area contributed by atoms with Gasteiger partial charge in [0.05, 0.1) is 11.5 Å². The first-order valence-electron chi connectivity index (χ1n) is 9.79. The van der Waals surface area contributed by atoms with Crippen molar-refractivity contribution in [3.05, 3.63) is 65.9 Å². The summed E-state index contributed by atoms with van der Waals surface area (Å²) in [7, 11) is 0. The first kappa shape index (κ1) is 16.6. The molecular weight excluding hydrogens is 336 g/mol. The van der Waals surface area contributed by atoms with Crippen LogP contribution in [0.1, 0.15) is 41.7 Å². The molecular formula is C23H24N2O2. The average Bonchev–Trinajstić information content (AvgIpc) is 3.13. The van der Waals surface area contributed by atoms with Crippen LogP contribution in [0.25, 0.3) is 10.9 Å². The second-order valence-corrected chi connectivity index (χ2v) is 7.86. The Morgan fingerprint density at radius 2 is 1.81 bits per heavy atom. The molecule has 0 aliphatic carbocycles. The standard InChI is InChI=1S/C23H24N2O2/c1-15(19-14-16-6-2-4-8-18(16)25-19)21-22(26)17-7-3-5-9-20(17)27-23(21)10-12-24-13-11-23/h2-9,14-15,21,24-25H,10-13H2,1H3. The number of para-hydroxylation sites is 2. The predicted molar refractivity (Wildman–Crippen MR) is 106 cm³/mol. The highest BCUT2D eigenvalue weighted by molar-refractivity contribution is 6.02. The molecule has 1 fully saturated rings. The van der Waals surface area contributed by atoms with Gasteiger partial charge in [0.15, 0.2) is 5.78 Å². The van der Waals surface area contributed by atoms with Crippen LogP contribution in [0.2, 0.25) is 0 Å². The third-order valence-corrected chi connectivity index (χ3v) is 6.31. The van der Waals surface area contributed by atoms with Gasteiger partial charge in [-0.2, -0.15) is 0 Å². The number of carbonyl (C=O) groups excluding carboxylic acids is 1. The summed E-state index contributed by atoms with van der Waals surface area (Å²) in [5.41, 5.74) is 2.50. The molecule has 2 aliphatic rings. The summed E-state index contributed by atoms with van der Waals surface area (Å²) in [6.07, 6.45) is 1.70. The van der Waals surface area contributed by atoms with Gasteiger partial charge in [0.1, 0.15) is 11.4 Å². The number of H-pyrrole nitrogens is 1. The lowest BCUT2D eigenvalue weighted by atomic mass is 9.67. The number of hydrogen-bond acceptors (Lipinski definition) is 3. The molecule has 0 saturated carbocycles. The van der Waals surface area contributed by atoms with Crippen molar-refractivity contribution >= 4 is 16.7 Å². The van der Waals surface area contributed by atoms with Crippen LogP contribution in [0.3, 0.4) is 0 Å². The number of ether oxygens (including phenoxy) is 1.